The third kappa shape index (κ3) is 2.27. The molecule has 18 heavy (non-hydrogen) atoms. The number of anilines is 1. The van der Waals surface area contributed by atoms with E-state index in [1.807, 2.05) is 24.3 Å². The van der Waals surface area contributed by atoms with Crippen molar-refractivity contribution in [2.45, 2.75) is 12.8 Å². The highest BCUT2D eigenvalue weighted by Gasteiger charge is 2.20. The van der Waals surface area contributed by atoms with Gasteiger partial charge in [0.05, 0.1) is 6.61 Å². The fraction of sp³-hybridized carbons (Fsp3) is 0.286. The molecule has 0 saturated heterocycles. The van der Waals surface area contributed by atoms with E-state index in [9.17, 15) is 0 Å². The Morgan fingerprint density at radius 2 is 2.17 bits per heavy atom. The Hall–Kier alpha value is -2.10. The molecular weight excluding hydrogens is 226 g/mol. The fourth-order valence-corrected chi connectivity index (χ4v) is 2.34. The molecule has 1 aromatic heterocycles. The van der Waals surface area contributed by atoms with E-state index < -0.39 is 0 Å². The minimum absolute atomic E-state index is 0.453. The molecule has 0 amide bonds. The molecule has 1 aliphatic rings. The fourth-order valence-electron chi connectivity index (χ4n) is 2.34. The number of hydrogen-bond acceptors (Lipinski definition) is 4. The number of ether oxygens (including phenoxy) is 1. The van der Waals surface area contributed by atoms with Crippen molar-refractivity contribution >= 4 is 5.82 Å². The van der Waals surface area contributed by atoms with Crippen LogP contribution in [0.2, 0.25) is 0 Å². The van der Waals surface area contributed by atoms with Crippen LogP contribution in [0.3, 0.4) is 0 Å². The lowest BCUT2D eigenvalue weighted by atomic mass is 9.93. The van der Waals surface area contributed by atoms with Crippen molar-refractivity contribution in [2.24, 2.45) is 5.92 Å². The molecule has 1 aromatic carbocycles. The van der Waals surface area contributed by atoms with Gasteiger partial charge in [0.25, 0.3) is 0 Å². The zero-order valence-corrected chi connectivity index (χ0v) is 10.0. The maximum atomic E-state index is 5.76. The zero-order chi connectivity index (χ0) is 12.4. The maximum absolute atomic E-state index is 5.76. The minimum Gasteiger partial charge on any atom is -0.493 e. The van der Waals surface area contributed by atoms with Crippen molar-refractivity contribution in [1.29, 1.82) is 0 Å². The molecule has 4 heteroatoms. The van der Waals surface area contributed by atoms with E-state index in [2.05, 4.69) is 16.0 Å². The highest BCUT2D eigenvalue weighted by Crippen LogP contribution is 2.28. The molecule has 4 nitrogen and oxygen atoms in total. The van der Waals surface area contributed by atoms with Crippen LogP contribution in [0.15, 0.2) is 36.7 Å². The number of benzene rings is 1. The Kier molecular flexibility index (Phi) is 2.84. The highest BCUT2D eigenvalue weighted by atomic mass is 16.5. The van der Waals surface area contributed by atoms with E-state index in [1.54, 1.807) is 0 Å². The summed E-state index contributed by atoms with van der Waals surface area (Å²) in [7, 11) is 0. The molecule has 0 aliphatic carbocycles. The molecule has 0 fully saturated rings. The lowest BCUT2D eigenvalue weighted by molar-refractivity contribution is 0.220. The van der Waals surface area contributed by atoms with Gasteiger partial charge >= 0.3 is 0 Å². The molecule has 3 rings (SSSR count). The average molecular weight is 241 g/mol. The van der Waals surface area contributed by atoms with Crippen LogP contribution in [0.25, 0.3) is 0 Å². The van der Waals surface area contributed by atoms with Gasteiger partial charge in [-0.3, -0.25) is 0 Å². The maximum Gasteiger partial charge on any atom is 0.126 e. The summed E-state index contributed by atoms with van der Waals surface area (Å²) in [4.78, 5) is 8.15. The van der Waals surface area contributed by atoms with Crippen molar-refractivity contribution in [2.75, 3.05) is 12.3 Å². The summed E-state index contributed by atoms with van der Waals surface area (Å²) in [5.74, 6) is 1.99. The molecule has 0 saturated carbocycles. The molecule has 0 spiro atoms. The van der Waals surface area contributed by atoms with E-state index in [-0.39, 0.29) is 0 Å². The van der Waals surface area contributed by atoms with Crippen LogP contribution in [-0.4, -0.2) is 16.6 Å². The summed E-state index contributed by atoms with van der Waals surface area (Å²) in [5, 5.41) is 0. The quantitative estimate of drug-likeness (QED) is 0.871. The summed E-state index contributed by atoms with van der Waals surface area (Å²) in [6.07, 6.45) is 3.42. The van der Waals surface area contributed by atoms with Gasteiger partial charge in [-0.2, -0.15) is 0 Å². The second-order valence-electron chi connectivity index (χ2n) is 4.63. The Bertz CT molecular complexity index is 556. The van der Waals surface area contributed by atoms with Gasteiger partial charge in [-0.15, -0.1) is 0 Å². The third-order valence-electron chi connectivity index (χ3n) is 3.20. The highest BCUT2D eigenvalue weighted by molar-refractivity contribution is 5.35. The average Bonchev–Trinajstić information content (AvgIpc) is 2.39. The first-order chi connectivity index (χ1) is 8.81. The number of rotatable bonds is 2. The molecule has 2 N–H and O–H groups in total. The van der Waals surface area contributed by atoms with Crippen LogP contribution in [0.4, 0.5) is 5.82 Å². The Labute approximate surface area is 106 Å². The van der Waals surface area contributed by atoms with Gasteiger partial charge < -0.3 is 10.5 Å². The number of para-hydroxylation sites is 1. The van der Waals surface area contributed by atoms with Gasteiger partial charge in [-0.1, -0.05) is 18.2 Å². The van der Waals surface area contributed by atoms with E-state index in [1.165, 1.54) is 11.9 Å². The van der Waals surface area contributed by atoms with Crippen LogP contribution in [0.5, 0.6) is 5.75 Å². The lowest BCUT2D eigenvalue weighted by Crippen LogP contribution is -2.23. The molecule has 1 unspecified atom stereocenters. The Balaban J connectivity index is 1.73. The second-order valence-corrected chi connectivity index (χ2v) is 4.63. The van der Waals surface area contributed by atoms with E-state index in [0.29, 0.717) is 11.7 Å². The van der Waals surface area contributed by atoms with Gasteiger partial charge in [0, 0.05) is 17.7 Å². The summed E-state index contributed by atoms with van der Waals surface area (Å²) >= 11 is 0. The van der Waals surface area contributed by atoms with Crippen molar-refractivity contribution in [3.05, 3.63) is 47.9 Å². The first-order valence-corrected chi connectivity index (χ1v) is 6.08. The van der Waals surface area contributed by atoms with Gasteiger partial charge in [0.2, 0.25) is 0 Å². The van der Waals surface area contributed by atoms with Crippen LogP contribution in [0.1, 0.15) is 11.3 Å². The number of hydrogen-bond donors (Lipinski definition) is 1. The standard InChI is InChI=1S/C14H15N3O/c15-14-7-12(16-9-17-14)6-10-5-11-3-1-2-4-13(11)18-8-10/h1-4,7,9-10H,5-6,8H2,(H2,15,16,17). The van der Waals surface area contributed by atoms with Crippen LogP contribution >= 0.6 is 0 Å². The molecule has 1 aliphatic heterocycles. The molecule has 2 aromatic rings. The Morgan fingerprint density at radius 1 is 1.28 bits per heavy atom. The molecular formula is C14H15N3O. The molecule has 0 radical (unpaired) electrons. The molecule has 1 atom stereocenters. The SMILES string of the molecule is Nc1cc(CC2COc3ccccc3C2)ncn1. The van der Waals surface area contributed by atoms with E-state index in [4.69, 9.17) is 10.5 Å². The van der Waals surface area contributed by atoms with Crippen molar-refractivity contribution in [3.8, 4) is 5.75 Å². The van der Waals surface area contributed by atoms with Gasteiger partial charge in [0.1, 0.15) is 17.9 Å². The first kappa shape index (κ1) is 11.0. The number of nitrogens with two attached hydrogens (primary N) is 1. The summed E-state index contributed by atoms with van der Waals surface area (Å²) in [5.41, 5.74) is 7.91. The van der Waals surface area contributed by atoms with Crippen LogP contribution < -0.4 is 10.5 Å². The summed E-state index contributed by atoms with van der Waals surface area (Å²) in [6, 6.07) is 10.0. The van der Waals surface area contributed by atoms with E-state index in [0.717, 1.165) is 30.9 Å². The van der Waals surface area contributed by atoms with Crippen molar-refractivity contribution < 1.29 is 4.74 Å². The van der Waals surface area contributed by atoms with Gasteiger partial charge in [0.15, 0.2) is 0 Å². The van der Waals surface area contributed by atoms with Crippen molar-refractivity contribution in [3.63, 3.8) is 0 Å². The number of fused-ring (bicyclic) bond motifs is 1. The molecule has 0 bridgehead atoms. The smallest absolute Gasteiger partial charge is 0.126 e. The normalized spacial score (nSPS) is 17.9. The van der Waals surface area contributed by atoms with Crippen LogP contribution in [0, 0.1) is 5.92 Å². The molecule has 92 valence electrons. The minimum atomic E-state index is 0.453. The predicted molar refractivity (Wildman–Crippen MR) is 69.3 cm³/mol. The first-order valence-electron chi connectivity index (χ1n) is 6.08. The number of nitrogens with zero attached hydrogens (tertiary/aromatic N) is 2. The second kappa shape index (κ2) is 4.64. The van der Waals surface area contributed by atoms with Crippen LogP contribution in [-0.2, 0) is 12.8 Å². The largest absolute Gasteiger partial charge is 0.493 e. The topological polar surface area (TPSA) is 61.0 Å². The van der Waals surface area contributed by atoms with E-state index >= 15 is 0 Å². The van der Waals surface area contributed by atoms with Gasteiger partial charge in [-0.05, 0) is 24.5 Å². The summed E-state index contributed by atoms with van der Waals surface area (Å²) < 4.78 is 5.76. The molecule has 2 heterocycles. The monoisotopic (exact) mass is 241 g/mol. The lowest BCUT2D eigenvalue weighted by Gasteiger charge is -2.24. The number of aromatic nitrogens is 2. The summed E-state index contributed by atoms with van der Waals surface area (Å²) in [6.45, 7) is 0.737. The Morgan fingerprint density at radius 3 is 3.06 bits per heavy atom. The van der Waals surface area contributed by atoms with Gasteiger partial charge in [-0.25, -0.2) is 9.97 Å². The predicted octanol–water partition coefficient (Wildman–Crippen LogP) is 1.85. The number of nitrogen functional groups attached to an aromatic ring is 1. The third-order valence-corrected chi connectivity index (χ3v) is 3.20. The van der Waals surface area contributed by atoms with Crippen molar-refractivity contribution in [1.82, 2.24) is 9.97 Å². The zero-order valence-electron chi connectivity index (χ0n) is 10.0.